The summed E-state index contributed by atoms with van der Waals surface area (Å²) in [5.74, 6) is 1.84. The van der Waals surface area contributed by atoms with Gasteiger partial charge in [0.25, 0.3) is 0 Å². The van der Waals surface area contributed by atoms with Gasteiger partial charge in [0.2, 0.25) is 5.91 Å². The van der Waals surface area contributed by atoms with Gasteiger partial charge in [0, 0.05) is 10.9 Å². The highest BCUT2D eigenvalue weighted by Gasteiger charge is 2.45. The molecule has 0 saturated heterocycles. The largest absolute Gasteiger partial charge is 0.486 e. The molecule has 26 heavy (non-hydrogen) atoms. The summed E-state index contributed by atoms with van der Waals surface area (Å²) in [6.07, 6.45) is 1.67. The van der Waals surface area contributed by atoms with E-state index in [4.69, 9.17) is 21.1 Å². The van der Waals surface area contributed by atoms with E-state index >= 15 is 0 Å². The van der Waals surface area contributed by atoms with E-state index in [0.29, 0.717) is 13.2 Å². The van der Waals surface area contributed by atoms with Crippen LogP contribution < -0.4 is 14.8 Å². The summed E-state index contributed by atoms with van der Waals surface area (Å²) in [4.78, 5) is 12.7. The van der Waals surface area contributed by atoms with E-state index in [2.05, 4.69) is 12.2 Å². The van der Waals surface area contributed by atoms with Crippen molar-refractivity contribution in [1.29, 1.82) is 0 Å². The van der Waals surface area contributed by atoms with E-state index in [1.807, 2.05) is 42.5 Å². The third-order valence-electron chi connectivity index (χ3n) is 5.13. The monoisotopic (exact) mass is 371 g/mol. The molecule has 3 unspecified atom stereocenters. The zero-order chi connectivity index (χ0) is 18.1. The van der Waals surface area contributed by atoms with Crippen molar-refractivity contribution < 1.29 is 14.3 Å². The van der Waals surface area contributed by atoms with Crippen LogP contribution in [0.15, 0.2) is 42.5 Å². The Labute approximate surface area is 158 Å². The first kappa shape index (κ1) is 17.2. The average molecular weight is 372 g/mol. The van der Waals surface area contributed by atoms with Crippen molar-refractivity contribution in [2.24, 2.45) is 5.92 Å². The molecule has 1 aliphatic carbocycles. The first-order valence-electron chi connectivity index (χ1n) is 9.11. The lowest BCUT2D eigenvalue weighted by molar-refractivity contribution is -0.123. The number of fused-ring (bicyclic) bond motifs is 1. The minimum Gasteiger partial charge on any atom is -0.486 e. The molecule has 2 aromatic rings. The summed E-state index contributed by atoms with van der Waals surface area (Å²) < 4.78 is 11.2. The number of ether oxygens (including phenoxy) is 2. The zero-order valence-electron chi connectivity index (χ0n) is 14.7. The highest BCUT2D eigenvalue weighted by Crippen LogP contribution is 2.50. The molecule has 0 aromatic heterocycles. The van der Waals surface area contributed by atoms with Crippen LogP contribution in [0.1, 0.15) is 42.9 Å². The Morgan fingerprint density at radius 1 is 1.19 bits per heavy atom. The van der Waals surface area contributed by atoms with Crippen molar-refractivity contribution in [2.45, 2.75) is 31.7 Å². The molecular formula is C21H22ClNO3. The van der Waals surface area contributed by atoms with Crippen LogP contribution in [0.3, 0.4) is 0 Å². The van der Waals surface area contributed by atoms with Gasteiger partial charge < -0.3 is 14.8 Å². The van der Waals surface area contributed by atoms with Gasteiger partial charge in [-0.15, -0.1) is 0 Å². The van der Waals surface area contributed by atoms with Gasteiger partial charge in [0.1, 0.15) is 13.2 Å². The number of nitrogens with one attached hydrogen (secondary N) is 1. The second-order valence-electron chi connectivity index (χ2n) is 6.84. The molecule has 1 saturated carbocycles. The topological polar surface area (TPSA) is 47.6 Å². The number of rotatable bonds is 5. The van der Waals surface area contributed by atoms with E-state index in [0.717, 1.165) is 40.5 Å². The molecule has 4 rings (SSSR count). The molecule has 0 spiro atoms. The van der Waals surface area contributed by atoms with Crippen molar-refractivity contribution in [3.8, 4) is 11.5 Å². The molecule has 1 fully saturated rings. The lowest BCUT2D eigenvalue weighted by Gasteiger charge is -2.22. The van der Waals surface area contributed by atoms with Crippen LogP contribution in [0, 0.1) is 5.92 Å². The second kappa shape index (κ2) is 7.20. The molecule has 3 atom stereocenters. The van der Waals surface area contributed by atoms with Crippen molar-refractivity contribution in [3.05, 3.63) is 58.6 Å². The Balaban J connectivity index is 1.44. The normalized spacial score (nSPS) is 21.8. The predicted octanol–water partition coefficient (Wildman–Crippen LogP) is 4.48. The van der Waals surface area contributed by atoms with E-state index in [-0.39, 0.29) is 23.8 Å². The fraction of sp³-hybridized carbons (Fsp3) is 0.381. The predicted molar refractivity (Wildman–Crippen MR) is 101 cm³/mol. The van der Waals surface area contributed by atoms with Crippen LogP contribution in [0.2, 0.25) is 5.02 Å². The Hall–Kier alpha value is -2.20. The molecule has 0 bridgehead atoms. The van der Waals surface area contributed by atoms with E-state index in [9.17, 15) is 4.79 Å². The lowest BCUT2D eigenvalue weighted by atomic mass is 10.0. The van der Waals surface area contributed by atoms with E-state index in [1.54, 1.807) is 0 Å². The maximum Gasteiger partial charge on any atom is 0.224 e. The quantitative estimate of drug-likeness (QED) is 0.842. The minimum atomic E-state index is -0.0363. The van der Waals surface area contributed by atoms with Crippen molar-refractivity contribution in [1.82, 2.24) is 5.32 Å². The Morgan fingerprint density at radius 2 is 1.96 bits per heavy atom. The highest BCUT2D eigenvalue weighted by atomic mass is 35.5. The van der Waals surface area contributed by atoms with Gasteiger partial charge >= 0.3 is 0 Å². The van der Waals surface area contributed by atoms with Crippen LogP contribution in [0.4, 0.5) is 0 Å². The van der Waals surface area contributed by atoms with Gasteiger partial charge in [-0.05, 0) is 48.1 Å². The molecule has 2 aromatic carbocycles. The van der Waals surface area contributed by atoms with Crippen LogP contribution >= 0.6 is 11.6 Å². The maximum atomic E-state index is 12.7. The Kier molecular flexibility index (Phi) is 4.77. The number of carbonyl (C=O) groups excluding carboxylic acids is 1. The summed E-state index contributed by atoms with van der Waals surface area (Å²) in [5.41, 5.74) is 2.11. The minimum absolute atomic E-state index is 0.00107. The third-order valence-corrected chi connectivity index (χ3v) is 5.47. The molecule has 136 valence electrons. The first-order chi connectivity index (χ1) is 12.7. The van der Waals surface area contributed by atoms with Crippen molar-refractivity contribution >= 4 is 17.5 Å². The fourth-order valence-electron chi connectivity index (χ4n) is 3.58. The molecule has 4 nitrogen and oxygen atoms in total. The first-order valence-corrected chi connectivity index (χ1v) is 9.49. The van der Waals surface area contributed by atoms with Gasteiger partial charge in [-0.25, -0.2) is 0 Å². The molecule has 0 radical (unpaired) electrons. The number of carbonyl (C=O) groups is 1. The molecule has 1 N–H and O–H groups in total. The van der Waals surface area contributed by atoms with Crippen molar-refractivity contribution in [2.75, 3.05) is 13.2 Å². The molecule has 1 aliphatic heterocycles. The number of amides is 1. The van der Waals surface area contributed by atoms with Gasteiger partial charge in [0.05, 0.1) is 6.04 Å². The smallest absolute Gasteiger partial charge is 0.224 e. The summed E-state index contributed by atoms with van der Waals surface area (Å²) in [6, 6.07) is 13.6. The lowest BCUT2D eigenvalue weighted by Crippen LogP contribution is -2.30. The number of benzene rings is 2. The van der Waals surface area contributed by atoms with Gasteiger partial charge in [-0.3, -0.25) is 4.79 Å². The van der Waals surface area contributed by atoms with E-state index in [1.165, 1.54) is 0 Å². The number of hydrogen-bond acceptors (Lipinski definition) is 3. The molecule has 1 amide bonds. The zero-order valence-corrected chi connectivity index (χ0v) is 15.5. The maximum absolute atomic E-state index is 12.7. The average Bonchev–Trinajstić information content (AvgIpc) is 3.46. The molecule has 2 aliphatic rings. The van der Waals surface area contributed by atoms with Gasteiger partial charge in [-0.1, -0.05) is 42.8 Å². The Bertz CT molecular complexity index is 823. The highest BCUT2D eigenvalue weighted by molar-refractivity contribution is 6.31. The van der Waals surface area contributed by atoms with Gasteiger partial charge in [0.15, 0.2) is 11.5 Å². The Morgan fingerprint density at radius 3 is 2.73 bits per heavy atom. The number of halogens is 1. The molecule has 1 heterocycles. The standard InChI is InChI=1S/C21H22ClNO3/c1-2-18(13-7-8-19-20(11-13)26-10-9-25-19)23-21(24)16-12-15(16)14-5-3-4-6-17(14)22/h3-8,11,15-16,18H,2,9-10,12H2,1H3,(H,23,24). The third kappa shape index (κ3) is 3.38. The summed E-state index contributed by atoms with van der Waals surface area (Å²) in [5, 5.41) is 3.93. The summed E-state index contributed by atoms with van der Waals surface area (Å²) in [6.45, 7) is 3.20. The van der Waals surface area contributed by atoms with E-state index < -0.39 is 0 Å². The molecule has 5 heteroatoms. The molecular weight excluding hydrogens is 350 g/mol. The van der Waals surface area contributed by atoms with Crippen molar-refractivity contribution in [3.63, 3.8) is 0 Å². The second-order valence-corrected chi connectivity index (χ2v) is 7.25. The van der Waals surface area contributed by atoms with Gasteiger partial charge in [-0.2, -0.15) is 0 Å². The SMILES string of the molecule is CCC(NC(=O)C1CC1c1ccccc1Cl)c1ccc2c(c1)OCCO2. The van der Waals surface area contributed by atoms with Crippen LogP contribution in [0.5, 0.6) is 11.5 Å². The van der Waals surface area contributed by atoms with Crippen LogP contribution in [-0.4, -0.2) is 19.1 Å². The summed E-state index contributed by atoms with van der Waals surface area (Å²) >= 11 is 6.27. The summed E-state index contributed by atoms with van der Waals surface area (Å²) in [7, 11) is 0. The van der Waals surface area contributed by atoms with Crippen LogP contribution in [0.25, 0.3) is 0 Å². The van der Waals surface area contributed by atoms with Crippen LogP contribution in [-0.2, 0) is 4.79 Å². The number of hydrogen-bond donors (Lipinski definition) is 1. The fourth-order valence-corrected chi connectivity index (χ4v) is 3.86.